The van der Waals surface area contributed by atoms with Crippen LogP contribution in [0.1, 0.15) is 25.3 Å². The predicted molar refractivity (Wildman–Crippen MR) is 64.5 cm³/mol. The van der Waals surface area contributed by atoms with Crippen LogP contribution in [0.4, 0.5) is 4.79 Å². The van der Waals surface area contributed by atoms with E-state index in [-0.39, 0.29) is 11.3 Å². The van der Waals surface area contributed by atoms with Gasteiger partial charge in [-0.2, -0.15) is 0 Å². The second kappa shape index (κ2) is 4.04. The van der Waals surface area contributed by atoms with E-state index < -0.39 is 6.03 Å². The third kappa shape index (κ3) is 2.13. The van der Waals surface area contributed by atoms with Crippen molar-refractivity contribution in [3.63, 3.8) is 0 Å². The molecule has 1 aliphatic carbocycles. The third-order valence-corrected chi connectivity index (χ3v) is 3.83. The average molecular weight is 234 g/mol. The SMILES string of the molecule is CC1(C)[C@@H](CN(O)C(N)=O)[C@@H]1c1ccccc1. The predicted octanol–water partition coefficient (Wildman–Crippen LogP) is 2.20. The molecular formula is C13H18N2O2. The van der Waals surface area contributed by atoms with E-state index in [9.17, 15) is 10.0 Å². The summed E-state index contributed by atoms with van der Waals surface area (Å²) in [4.78, 5) is 10.8. The van der Waals surface area contributed by atoms with Gasteiger partial charge in [-0.15, -0.1) is 0 Å². The Morgan fingerprint density at radius 2 is 2.00 bits per heavy atom. The molecule has 0 saturated heterocycles. The number of amides is 2. The second-order valence-electron chi connectivity index (χ2n) is 5.24. The first-order valence-electron chi connectivity index (χ1n) is 5.75. The molecule has 0 aliphatic heterocycles. The first kappa shape index (κ1) is 11.9. The lowest BCUT2D eigenvalue weighted by atomic mass is 10.0. The molecule has 1 aromatic carbocycles. The van der Waals surface area contributed by atoms with Crippen LogP contribution < -0.4 is 5.73 Å². The van der Waals surface area contributed by atoms with Gasteiger partial charge in [-0.3, -0.25) is 5.21 Å². The van der Waals surface area contributed by atoms with E-state index >= 15 is 0 Å². The van der Waals surface area contributed by atoms with Gasteiger partial charge < -0.3 is 5.73 Å². The molecule has 2 atom stereocenters. The third-order valence-electron chi connectivity index (χ3n) is 3.83. The molecule has 0 bridgehead atoms. The molecule has 17 heavy (non-hydrogen) atoms. The van der Waals surface area contributed by atoms with Gasteiger partial charge in [0.1, 0.15) is 0 Å². The highest BCUT2D eigenvalue weighted by atomic mass is 16.5. The maximum absolute atomic E-state index is 10.8. The van der Waals surface area contributed by atoms with E-state index in [4.69, 9.17) is 5.73 Å². The standard InChI is InChI=1S/C13H18N2O2/c1-13(2)10(8-15(17)12(14)16)11(13)9-6-4-3-5-7-9/h3-7,10-11,17H,8H2,1-2H3,(H2,14,16)/t10-,11-/m0/s1. The van der Waals surface area contributed by atoms with Crippen LogP contribution in [-0.4, -0.2) is 22.8 Å². The zero-order valence-corrected chi connectivity index (χ0v) is 10.1. The fourth-order valence-electron chi connectivity index (χ4n) is 2.68. The van der Waals surface area contributed by atoms with Crippen molar-refractivity contribution < 1.29 is 10.0 Å². The minimum absolute atomic E-state index is 0.0950. The molecule has 1 saturated carbocycles. The molecule has 4 heteroatoms. The summed E-state index contributed by atoms with van der Waals surface area (Å²) in [6.07, 6.45) is 0. The number of hydroxylamine groups is 2. The van der Waals surface area contributed by atoms with E-state index in [1.54, 1.807) is 0 Å². The van der Waals surface area contributed by atoms with Gasteiger partial charge in [0, 0.05) is 0 Å². The zero-order valence-electron chi connectivity index (χ0n) is 10.1. The lowest BCUT2D eigenvalue weighted by Crippen LogP contribution is -2.34. The molecule has 0 spiro atoms. The second-order valence-corrected chi connectivity index (χ2v) is 5.24. The summed E-state index contributed by atoms with van der Waals surface area (Å²) in [6, 6.07) is 9.36. The van der Waals surface area contributed by atoms with Crippen LogP contribution >= 0.6 is 0 Å². The number of hydrogen-bond acceptors (Lipinski definition) is 2. The number of hydrogen-bond donors (Lipinski definition) is 2. The molecular weight excluding hydrogens is 216 g/mol. The van der Waals surface area contributed by atoms with Crippen molar-refractivity contribution >= 4 is 6.03 Å². The number of nitrogens with zero attached hydrogens (tertiary/aromatic N) is 1. The van der Waals surface area contributed by atoms with Crippen LogP contribution in [0, 0.1) is 11.3 Å². The number of rotatable bonds is 3. The van der Waals surface area contributed by atoms with Crippen molar-refractivity contribution in [3.05, 3.63) is 35.9 Å². The van der Waals surface area contributed by atoms with Crippen molar-refractivity contribution in [2.45, 2.75) is 19.8 Å². The molecule has 1 aliphatic rings. The molecule has 92 valence electrons. The summed E-state index contributed by atoms with van der Waals surface area (Å²) in [5.41, 5.74) is 6.37. The van der Waals surface area contributed by atoms with Gasteiger partial charge in [-0.25, -0.2) is 9.86 Å². The maximum Gasteiger partial charge on any atom is 0.338 e. The van der Waals surface area contributed by atoms with E-state index in [1.807, 2.05) is 18.2 Å². The number of benzene rings is 1. The molecule has 3 N–H and O–H groups in total. The minimum atomic E-state index is -0.792. The highest BCUT2D eigenvalue weighted by Crippen LogP contribution is 2.64. The van der Waals surface area contributed by atoms with Crippen LogP contribution in [0.3, 0.4) is 0 Å². The molecule has 1 fully saturated rings. The molecule has 0 radical (unpaired) electrons. The average Bonchev–Trinajstić information content (AvgIpc) is 2.81. The molecule has 2 rings (SSSR count). The summed E-state index contributed by atoms with van der Waals surface area (Å²) in [7, 11) is 0. The van der Waals surface area contributed by atoms with E-state index in [2.05, 4.69) is 26.0 Å². The van der Waals surface area contributed by atoms with Crippen LogP contribution in [0.15, 0.2) is 30.3 Å². The molecule has 2 amide bonds. The molecule has 0 heterocycles. The Balaban J connectivity index is 2.09. The largest absolute Gasteiger partial charge is 0.350 e. The first-order valence-corrected chi connectivity index (χ1v) is 5.75. The number of carbonyl (C=O) groups excluding carboxylic acids is 1. The van der Waals surface area contributed by atoms with Crippen molar-refractivity contribution in [3.8, 4) is 0 Å². The van der Waals surface area contributed by atoms with Crippen LogP contribution in [-0.2, 0) is 0 Å². The van der Waals surface area contributed by atoms with Gasteiger partial charge in [0.2, 0.25) is 0 Å². The summed E-state index contributed by atoms with van der Waals surface area (Å²) >= 11 is 0. The summed E-state index contributed by atoms with van der Waals surface area (Å²) in [5, 5.41) is 10.00. The molecule has 0 aromatic heterocycles. The van der Waals surface area contributed by atoms with Gasteiger partial charge in [0.05, 0.1) is 6.54 Å². The number of carbonyl (C=O) groups is 1. The van der Waals surface area contributed by atoms with E-state index in [0.29, 0.717) is 17.5 Å². The molecule has 1 aromatic rings. The minimum Gasteiger partial charge on any atom is -0.350 e. The maximum atomic E-state index is 10.8. The quantitative estimate of drug-likeness (QED) is 0.622. The summed E-state index contributed by atoms with van der Waals surface area (Å²) in [6.45, 7) is 4.58. The van der Waals surface area contributed by atoms with Gasteiger partial charge >= 0.3 is 6.03 Å². The van der Waals surface area contributed by atoms with Crippen LogP contribution in [0.25, 0.3) is 0 Å². The Bertz CT molecular complexity index is 417. The number of urea groups is 1. The van der Waals surface area contributed by atoms with Crippen LogP contribution in [0.2, 0.25) is 0 Å². The topological polar surface area (TPSA) is 66.6 Å². The molecule has 4 nitrogen and oxygen atoms in total. The Labute approximate surface area is 101 Å². The van der Waals surface area contributed by atoms with Gasteiger partial charge in [-0.1, -0.05) is 44.2 Å². The van der Waals surface area contributed by atoms with Gasteiger partial charge in [-0.05, 0) is 22.8 Å². The molecule has 0 unspecified atom stereocenters. The van der Waals surface area contributed by atoms with Crippen LogP contribution in [0.5, 0.6) is 0 Å². The van der Waals surface area contributed by atoms with Crippen molar-refractivity contribution in [1.82, 2.24) is 5.06 Å². The Morgan fingerprint density at radius 3 is 2.53 bits per heavy atom. The first-order chi connectivity index (χ1) is 7.94. The van der Waals surface area contributed by atoms with Gasteiger partial charge in [0.15, 0.2) is 0 Å². The number of primary amides is 1. The van der Waals surface area contributed by atoms with Gasteiger partial charge in [0.25, 0.3) is 0 Å². The highest BCUT2D eigenvalue weighted by Gasteiger charge is 2.58. The smallest absolute Gasteiger partial charge is 0.338 e. The lowest BCUT2D eigenvalue weighted by Gasteiger charge is -2.12. The Kier molecular flexibility index (Phi) is 2.83. The monoisotopic (exact) mass is 234 g/mol. The van der Waals surface area contributed by atoms with Crippen molar-refractivity contribution in [2.75, 3.05) is 6.54 Å². The number of nitrogens with two attached hydrogens (primary N) is 1. The van der Waals surface area contributed by atoms with Crippen molar-refractivity contribution in [2.24, 2.45) is 17.1 Å². The fraction of sp³-hybridized carbons (Fsp3) is 0.462. The van der Waals surface area contributed by atoms with Crippen molar-refractivity contribution in [1.29, 1.82) is 0 Å². The Hall–Kier alpha value is -1.55. The van der Waals surface area contributed by atoms with E-state index in [0.717, 1.165) is 0 Å². The normalized spacial score (nSPS) is 25.4. The summed E-state index contributed by atoms with van der Waals surface area (Å²) < 4.78 is 0. The fourth-order valence-corrected chi connectivity index (χ4v) is 2.68. The summed E-state index contributed by atoms with van der Waals surface area (Å²) in [5.74, 6) is 0.625. The lowest BCUT2D eigenvalue weighted by molar-refractivity contribution is -0.0452. The Morgan fingerprint density at radius 1 is 1.41 bits per heavy atom. The highest BCUT2D eigenvalue weighted by molar-refractivity contribution is 5.70. The zero-order chi connectivity index (χ0) is 12.6. The van der Waals surface area contributed by atoms with E-state index in [1.165, 1.54) is 5.56 Å².